The van der Waals surface area contributed by atoms with Gasteiger partial charge < -0.3 is 20.5 Å². The summed E-state index contributed by atoms with van der Waals surface area (Å²) in [7, 11) is 0. The number of amides is 2. The van der Waals surface area contributed by atoms with Crippen LogP contribution in [0.2, 0.25) is 0 Å². The number of carbonyl (C=O) groups excluding carboxylic acids is 1. The molecule has 0 aliphatic heterocycles. The fraction of sp³-hybridized carbons (Fsp3) is 0.571. The highest BCUT2D eigenvalue weighted by Gasteiger charge is 2.37. The fourth-order valence-corrected chi connectivity index (χ4v) is 2.12. The van der Waals surface area contributed by atoms with Gasteiger partial charge in [-0.2, -0.15) is 0 Å². The van der Waals surface area contributed by atoms with Gasteiger partial charge in [-0.15, -0.1) is 13.2 Å². The molecule has 0 fully saturated rings. The SMILES string of the molecule is CCC(CC)(NC(=O)NC1C=CC(OC(F)(F)F)=CC1)C(=O)O. The molecule has 0 aromatic carbocycles. The van der Waals surface area contributed by atoms with E-state index in [0.717, 1.165) is 6.08 Å². The maximum Gasteiger partial charge on any atom is 0.573 e. The molecule has 0 heterocycles. The number of allylic oxidation sites excluding steroid dienone is 1. The second-order valence-electron chi connectivity index (χ2n) is 5.05. The van der Waals surface area contributed by atoms with Crippen LogP contribution in [-0.2, 0) is 9.53 Å². The van der Waals surface area contributed by atoms with E-state index in [1.165, 1.54) is 12.2 Å². The summed E-state index contributed by atoms with van der Waals surface area (Å²) >= 11 is 0. The van der Waals surface area contributed by atoms with Crippen LogP contribution in [0.5, 0.6) is 0 Å². The Hall–Kier alpha value is -2.19. The monoisotopic (exact) mass is 336 g/mol. The van der Waals surface area contributed by atoms with Crippen LogP contribution >= 0.6 is 0 Å². The lowest BCUT2D eigenvalue weighted by Gasteiger charge is -2.29. The van der Waals surface area contributed by atoms with E-state index < -0.39 is 29.9 Å². The summed E-state index contributed by atoms with van der Waals surface area (Å²) in [5.74, 6) is -1.49. The topological polar surface area (TPSA) is 87.7 Å². The lowest BCUT2D eigenvalue weighted by atomic mass is 9.93. The van der Waals surface area contributed by atoms with Crippen molar-refractivity contribution in [3.63, 3.8) is 0 Å². The van der Waals surface area contributed by atoms with Gasteiger partial charge in [-0.1, -0.05) is 19.9 Å². The molecule has 1 aliphatic carbocycles. The smallest absolute Gasteiger partial charge is 0.480 e. The van der Waals surface area contributed by atoms with E-state index in [9.17, 15) is 27.9 Å². The van der Waals surface area contributed by atoms with Gasteiger partial charge in [0.15, 0.2) is 0 Å². The van der Waals surface area contributed by atoms with Crippen molar-refractivity contribution < 1.29 is 32.6 Å². The van der Waals surface area contributed by atoms with Gasteiger partial charge in [0, 0.05) is 0 Å². The van der Waals surface area contributed by atoms with Crippen molar-refractivity contribution >= 4 is 12.0 Å². The number of carboxylic acid groups (broad SMARTS) is 1. The lowest BCUT2D eigenvalue weighted by Crippen LogP contribution is -2.57. The minimum atomic E-state index is -4.77. The Morgan fingerprint density at radius 2 is 1.96 bits per heavy atom. The molecule has 0 saturated heterocycles. The molecule has 1 unspecified atom stereocenters. The average molecular weight is 336 g/mol. The number of nitrogens with one attached hydrogen (secondary N) is 2. The van der Waals surface area contributed by atoms with Crippen molar-refractivity contribution in [1.82, 2.24) is 10.6 Å². The third-order valence-electron chi connectivity index (χ3n) is 3.59. The van der Waals surface area contributed by atoms with Gasteiger partial charge in [-0.05, 0) is 31.4 Å². The molecule has 2 amide bonds. The first-order valence-corrected chi connectivity index (χ1v) is 7.08. The van der Waals surface area contributed by atoms with Crippen LogP contribution in [0.3, 0.4) is 0 Å². The Balaban J connectivity index is 2.58. The Morgan fingerprint density at radius 3 is 2.35 bits per heavy atom. The molecule has 9 heteroatoms. The predicted molar refractivity (Wildman–Crippen MR) is 75.4 cm³/mol. The standard InChI is InChI=1S/C14H19F3N2O4/c1-3-13(4-2,11(20)21)19-12(22)18-9-5-7-10(8-6-9)23-14(15,16)17/h5,7-9H,3-4,6H2,1-2H3,(H,20,21)(H2,18,19,22). The molecule has 130 valence electrons. The molecule has 0 aromatic heterocycles. The van der Waals surface area contributed by atoms with Crippen molar-refractivity contribution in [1.29, 1.82) is 0 Å². The normalized spacial score (nSPS) is 18.1. The van der Waals surface area contributed by atoms with Crippen LogP contribution in [0.25, 0.3) is 0 Å². The number of hydrogen-bond acceptors (Lipinski definition) is 3. The number of rotatable bonds is 6. The number of ether oxygens (including phenoxy) is 1. The summed E-state index contributed by atoms with van der Waals surface area (Å²) < 4.78 is 39.9. The number of carbonyl (C=O) groups is 2. The molecule has 6 nitrogen and oxygen atoms in total. The maximum atomic E-state index is 12.1. The van der Waals surface area contributed by atoms with Crippen molar-refractivity contribution in [3.05, 3.63) is 24.0 Å². The van der Waals surface area contributed by atoms with Crippen LogP contribution in [-0.4, -0.2) is 35.1 Å². The van der Waals surface area contributed by atoms with Gasteiger partial charge in [0.1, 0.15) is 11.3 Å². The molecule has 1 aliphatic rings. The van der Waals surface area contributed by atoms with E-state index in [1.54, 1.807) is 13.8 Å². The van der Waals surface area contributed by atoms with Crippen molar-refractivity contribution in [2.45, 2.75) is 51.1 Å². The number of aliphatic carboxylic acids is 1. The molecular formula is C14H19F3N2O4. The van der Waals surface area contributed by atoms with Crippen LogP contribution in [0.1, 0.15) is 33.1 Å². The van der Waals surface area contributed by atoms with Gasteiger partial charge in [0.05, 0.1) is 6.04 Å². The number of alkyl halides is 3. The molecule has 0 aromatic rings. The summed E-state index contributed by atoms with van der Waals surface area (Å²) in [4.78, 5) is 23.2. The van der Waals surface area contributed by atoms with Gasteiger partial charge in [0.25, 0.3) is 0 Å². The van der Waals surface area contributed by atoms with Crippen LogP contribution in [0.15, 0.2) is 24.0 Å². The molecule has 23 heavy (non-hydrogen) atoms. The highest BCUT2D eigenvalue weighted by atomic mass is 19.4. The van der Waals surface area contributed by atoms with Gasteiger partial charge in [-0.3, -0.25) is 0 Å². The Morgan fingerprint density at radius 1 is 1.35 bits per heavy atom. The number of carboxylic acids is 1. The summed E-state index contributed by atoms with van der Waals surface area (Å²) in [6, 6.07) is -1.24. The maximum absolute atomic E-state index is 12.1. The zero-order valence-electron chi connectivity index (χ0n) is 12.7. The molecule has 1 atom stereocenters. The summed E-state index contributed by atoms with van der Waals surface area (Å²) in [6.07, 6.45) is -0.604. The summed E-state index contributed by atoms with van der Waals surface area (Å²) in [5.41, 5.74) is -1.37. The molecule has 1 rings (SSSR count). The minimum absolute atomic E-state index is 0.105. The van der Waals surface area contributed by atoms with Crippen molar-refractivity contribution in [3.8, 4) is 0 Å². The lowest BCUT2D eigenvalue weighted by molar-refractivity contribution is -0.303. The van der Waals surface area contributed by atoms with Gasteiger partial charge in [0.2, 0.25) is 0 Å². The van der Waals surface area contributed by atoms with Crippen LogP contribution in [0, 0.1) is 0 Å². The molecule has 0 radical (unpaired) electrons. The van der Waals surface area contributed by atoms with Crippen molar-refractivity contribution in [2.24, 2.45) is 0 Å². The Labute approximate surface area is 131 Å². The van der Waals surface area contributed by atoms with Crippen LogP contribution in [0.4, 0.5) is 18.0 Å². The number of halogens is 3. The van der Waals surface area contributed by atoms with Gasteiger partial charge in [-0.25, -0.2) is 9.59 Å². The van der Waals surface area contributed by atoms with Crippen molar-refractivity contribution in [2.75, 3.05) is 0 Å². The third-order valence-corrected chi connectivity index (χ3v) is 3.59. The Bertz CT molecular complexity index is 511. The molecule has 0 bridgehead atoms. The Kier molecular flexibility index (Phi) is 6.05. The zero-order valence-corrected chi connectivity index (χ0v) is 12.7. The van der Waals surface area contributed by atoms with Gasteiger partial charge >= 0.3 is 18.4 Å². The number of hydrogen-bond donors (Lipinski definition) is 3. The first-order valence-electron chi connectivity index (χ1n) is 7.08. The molecule has 3 N–H and O–H groups in total. The molecular weight excluding hydrogens is 317 g/mol. The third kappa shape index (κ3) is 5.50. The summed E-state index contributed by atoms with van der Waals surface area (Å²) in [5, 5.41) is 14.1. The first-order chi connectivity index (χ1) is 10.6. The highest BCUT2D eigenvalue weighted by molar-refractivity contribution is 5.86. The predicted octanol–water partition coefficient (Wildman–Crippen LogP) is 2.68. The molecule has 0 spiro atoms. The van der Waals surface area contributed by atoms with E-state index in [1.807, 2.05) is 0 Å². The van der Waals surface area contributed by atoms with E-state index in [2.05, 4.69) is 15.4 Å². The minimum Gasteiger partial charge on any atom is -0.480 e. The second kappa shape index (κ2) is 7.38. The quantitative estimate of drug-likeness (QED) is 0.696. The zero-order chi connectivity index (χ0) is 17.7. The molecule has 0 saturated carbocycles. The largest absolute Gasteiger partial charge is 0.573 e. The first kappa shape index (κ1) is 18.9. The van der Waals surface area contributed by atoms with E-state index >= 15 is 0 Å². The van der Waals surface area contributed by atoms with Crippen LogP contribution < -0.4 is 10.6 Å². The summed E-state index contributed by atoms with van der Waals surface area (Å²) in [6.45, 7) is 3.28. The average Bonchev–Trinajstić information content (AvgIpc) is 2.45. The highest BCUT2D eigenvalue weighted by Crippen LogP contribution is 2.23. The number of urea groups is 1. The fourth-order valence-electron chi connectivity index (χ4n) is 2.12. The van der Waals surface area contributed by atoms with E-state index in [-0.39, 0.29) is 25.0 Å². The van der Waals surface area contributed by atoms with E-state index in [0.29, 0.717) is 0 Å². The second-order valence-corrected chi connectivity index (χ2v) is 5.05. The van der Waals surface area contributed by atoms with E-state index in [4.69, 9.17) is 0 Å².